The van der Waals surface area contributed by atoms with E-state index in [1.165, 1.54) is 11.1 Å². The predicted molar refractivity (Wildman–Crippen MR) is 118 cm³/mol. The maximum atomic E-state index is 13.0. The Kier molecular flexibility index (Phi) is 6.03. The zero-order chi connectivity index (χ0) is 22.9. The van der Waals surface area contributed by atoms with E-state index in [1.807, 2.05) is 4.90 Å². The fourth-order valence-electron chi connectivity index (χ4n) is 5.08. The van der Waals surface area contributed by atoms with Crippen molar-refractivity contribution >= 4 is 35.3 Å². The molecule has 2 aliphatic heterocycles. The van der Waals surface area contributed by atoms with Gasteiger partial charge in [-0.3, -0.25) is 19.3 Å². The molecule has 0 bridgehead atoms. The average molecular weight is 443 g/mol. The minimum atomic E-state index is -0.796. The highest BCUT2D eigenvalue weighted by atomic mass is 16.2. The van der Waals surface area contributed by atoms with Crippen LogP contribution in [0.2, 0.25) is 0 Å². The van der Waals surface area contributed by atoms with Gasteiger partial charge in [-0.1, -0.05) is 19.3 Å². The van der Waals surface area contributed by atoms with Gasteiger partial charge in [-0.2, -0.15) is 0 Å². The Hall–Kier alpha value is -3.17. The van der Waals surface area contributed by atoms with Crippen LogP contribution in [0.4, 0.5) is 16.3 Å². The highest BCUT2D eigenvalue weighted by Crippen LogP contribution is 2.39. The number of hydrogen-bond donors (Lipinski definition) is 2. The van der Waals surface area contributed by atoms with E-state index in [4.69, 9.17) is 5.73 Å². The number of carbonyl (C=O) groups excluding carboxylic acids is 4. The van der Waals surface area contributed by atoms with Crippen molar-refractivity contribution in [3.8, 4) is 0 Å². The number of likely N-dealkylation sites (N-methyl/N-ethyl adjacent to an activating group) is 1. The van der Waals surface area contributed by atoms with Crippen molar-refractivity contribution in [1.29, 1.82) is 0 Å². The molecule has 1 aromatic rings. The minimum absolute atomic E-state index is 0.189. The van der Waals surface area contributed by atoms with Crippen LogP contribution in [0.3, 0.4) is 0 Å². The van der Waals surface area contributed by atoms with Gasteiger partial charge in [0.2, 0.25) is 11.8 Å². The van der Waals surface area contributed by atoms with Gasteiger partial charge in [0, 0.05) is 20.1 Å². The maximum absolute atomic E-state index is 13.0. The summed E-state index contributed by atoms with van der Waals surface area (Å²) in [5.41, 5.74) is 5.12. The molecule has 1 unspecified atom stereocenters. The van der Waals surface area contributed by atoms with E-state index in [0.717, 1.165) is 43.5 Å². The van der Waals surface area contributed by atoms with Gasteiger partial charge in [0.25, 0.3) is 5.91 Å². The van der Waals surface area contributed by atoms with E-state index >= 15 is 0 Å². The number of carbonyl (C=O) groups is 4. The van der Waals surface area contributed by atoms with Gasteiger partial charge in [0.15, 0.2) is 0 Å². The third-order valence-electron chi connectivity index (χ3n) is 6.96. The zero-order valence-electron chi connectivity index (χ0n) is 18.4. The molecule has 1 aliphatic carbocycles. The number of piperidine rings is 1. The molecule has 0 aromatic carbocycles. The summed E-state index contributed by atoms with van der Waals surface area (Å²) in [7, 11) is 1.65. The third kappa shape index (κ3) is 4.01. The van der Waals surface area contributed by atoms with Gasteiger partial charge in [0.05, 0.1) is 17.8 Å². The lowest BCUT2D eigenvalue weighted by Gasteiger charge is -2.35. The molecule has 5 amide bonds. The van der Waals surface area contributed by atoms with Crippen molar-refractivity contribution in [3.63, 3.8) is 0 Å². The van der Waals surface area contributed by atoms with E-state index in [2.05, 4.69) is 10.3 Å². The lowest BCUT2D eigenvalue weighted by molar-refractivity contribution is -0.136. The molecule has 10 heteroatoms. The molecule has 3 fully saturated rings. The van der Waals surface area contributed by atoms with Gasteiger partial charge in [-0.25, -0.2) is 9.78 Å². The first-order valence-corrected chi connectivity index (χ1v) is 11.2. The van der Waals surface area contributed by atoms with Crippen molar-refractivity contribution in [2.45, 2.75) is 50.5 Å². The van der Waals surface area contributed by atoms with Crippen LogP contribution in [0.1, 0.15) is 44.9 Å². The molecule has 0 radical (unpaired) electrons. The molecule has 1 atom stereocenters. The third-order valence-corrected chi connectivity index (χ3v) is 6.96. The van der Waals surface area contributed by atoms with E-state index in [-0.39, 0.29) is 24.3 Å². The second-order valence-corrected chi connectivity index (χ2v) is 8.97. The van der Waals surface area contributed by atoms with Crippen LogP contribution in [0.15, 0.2) is 18.3 Å². The minimum Gasteiger partial charge on any atom is -0.369 e. The molecule has 4 rings (SSSR count). The molecular formula is C22H30N6O4. The summed E-state index contributed by atoms with van der Waals surface area (Å²) in [6, 6.07) is 3.07. The van der Waals surface area contributed by atoms with Crippen molar-refractivity contribution in [2.24, 2.45) is 11.7 Å². The Morgan fingerprint density at radius 1 is 1.19 bits per heavy atom. The first-order chi connectivity index (χ1) is 15.3. The van der Waals surface area contributed by atoms with Crippen LogP contribution >= 0.6 is 0 Å². The summed E-state index contributed by atoms with van der Waals surface area (Å²) in [5.74, 6) is -0.507. The number of pyridine rings is 1. The summed E-state index contributed by atoms with van der Waals surface area (Å²) in [5, 5.41) is 2.71. The number of anilines is 2. The molecule has 1 aromatic heterocycles. The largest absolute Gasteiger partial charge is 0.369 e. The number of hydrogen-bond acceptors (Lipinski definition) is 6. The van der Waals surface area contributed by atoms with Crippen molar-refractivity contribution < 1.29 is 19.2 Å². The lowest BCUT2D eigenvalue weighted by atomic mass is 9.81. The number of nitrogens with zero attached hydrogens (tertiary/aromatic N) is 4. The Morgan fingerprint density at radius 3 is 2.59 bits per heavy atom. The maximum Gasteiger partial charge on any atom is 0.327 e. The molecule has 10 nitrogen and oxygen atoms in total. The Balaban J connectivity index is 1.37. The Morgan fingerprint density at radius 2 is 1.94 bits per heavy atom. The number of imide groups is 1. The Bertz CT molecular complexity index is 912. The van der Waals surface area contributed by atoms with Gasteiger partial charge in [-0.15, -0.1) is 0 Å². The van der Waals surface area contributed by atoms with Crippen LogP contribution in [-0.2, 0) is 14.4 Å². The zero-order valence-corrected chi connectivity index (χ0v) is 18.4. The normalized spacial score (nSPS) is 23.0. The molecule has 3 heterocycles. The first-order valence-electron chi connectivity index (χ1n) is 11.2. The topological polar surface area (TPSA) is 129 Å². The number of urea groups is 1. The molecule has 1 spiro atoms. The molecule has 1 saturated carbocycles. The van der Waals surface area contributed by atoms with E-state index < -0.39 is 17.5 Å². The molecule has 172 valence electrons. The van der Waals surface area contributed by atoms with E-state index in [0.29, 0.717) is 30.9 Å². The molecule has 2 saturated heterocycles. The van der Waals surface area contributed by atoms with Gasteiger partial charge >= 0.3 is 6.03 Å². The SMILES string of the molecule is CN1C(=O)N(CC(=O)Nc2ccc(N3CCCC(C(N)=O)C3)nc2)C(=O)C12CCCCC2. The monoisotopic (exact) mass is 442 g/mol. The smallest absolute Gasteiger partial charge is 0.327 e. The second-order valence-electron chi connectivity index (χ2n) is 8.97. The van der Waals surface area contributed by atoms with Gasteiger partial charge < -0.3 is 20.9 Å². The molecular weight excluding hydrogens is 412 g/mol. The van der Waals surface area contributed by atoms with E-state index in [9.17, 15) is 19.2 Å². The highest BCUT2D eigenvalue weighted by molar-refractivity contribution is 6.10. The quantitative estimate of drug-likeness (QED) is 0.662. The van der Waals surface area contributed by atoms with Crippen LogP contribution in [0.5, 0.6) is 0 Å². The summed E-state index contributed by atoms with van der Waals surface area (Å²) in [6.07, 6.45) is 7.32. The van der Waals surface area contributed by atoms with Crippen LogP contribution in [0, 0.1) is 5.92 Å². The van der Waals surface area contributed by atoms with Crippen molar-refractivity contribution in [3.05, 3.63) is 18.3 Å². The van der Waals surface area contributed by atoms with E-state index in [1.54, 1.807) is 19.2 Å². The number of nitrogens with one attached hydrogen (secondary N) is 1. The average Bonchev–Trinajstić information content (AvgIpc) is 2.96. The number of amides is 5. The fraction of sp³-hybridized carbons (Fsp3) is 0.591. The first kappa shape index (κ1) is 22.0. The number of aromatic nitrogens is 1. The van der Waals surface area contributed by atoms with Crippen molar-refractivity contribution in [2.75, 3.05) is 36.9 Å². The highest BCUT2D eigenvalue weighted by Gasteiger charge is 2.55. The summed E-state index contributed by atoms with van der Waals surface area (Å²) in [6.45, 7) is 0.997. The molecule has 3 aliphatic rings. The number of nitrogens with two attached hydrogens (primary N) is 1. The van der Waals surface area contributed by atoms with Crippen LogP contribution in [-0.4, -0.2) is 70.8 Å². The van der Waals surface area contributed by atoms with Gasteiger partial charge in [0.1, 0.15) is 17.9 Å². The molecule has 32 heavy (non-hydrogen) atoms. The van der Waals surface area contributed by atoms with Crippen LogP contribution < -0.4 is 16.0 Å². The number of primary amides is 1. The van der Waals surface area contributed by atoms with Crippen LogP contribution in [0.25, 0.3) is 0 Å². The fourth-order valence-corrected chi connectivity index (χ4v) is 5.08. The lowest BCUT2D eigenvalue weighted by Crippen LogP contribution is -2.49. The second kappa shape index (κ2) is 8.76. The summed E-state index contributed by atoms with van der Waals surface area (Å²) in [4.78, 5) is 58.7. The predicted octanol–water partition coefficient (Wildman–Crippen LogP) is 1.32. The standard InChI is InChI=1S/C22H30N6O4/c1-26-21(32)28(20(31)22(26)9-3-2-4-10-22)14-18(29)25-16-7-8-17(24-12-16)27-11-5-6-15(13-27)19(23)30/h7-8,12,15H,2-6,9-11,13-14H2,1H3,(H2,23,30)(H,25,29). The molecule has 3 N–H and O–H groups in total. The van der Waals surface area contributed by atoms with Gasteiger partial charge in [-0.05, 0) is 37.8 Å². The van der Waals surface area contributed by atoms with Crippen molar-refractivity contribution in [1.82, 2.24) is 14.8 Å². The Labute approximate surface area is 187 Å². The number of rotatable bonds is 5. The summed E-state index contributed by atoms with van der Waals surface area (Å²) < 4.78 is 0. The summed E-state index contributed by atoms with van der Waals surface area (Å²) >= 11 is 0.